The Bertz CT molecular complexity index is 373. The van der Waals surface area contributed by atoms with Crippen LogP contribution in [0.4, 0.5) is 0 Å². The highest BCUT2D eigenvalue weighted by Crippen LogP contribution is 2.34. The van der Waals surface area contributed by atoms with Crippen LogP contribution in [0.3, 0.4) is 0 Å². The number of nitrogens with two attached hydrogens (primary N) is 1. The molecule has 0 amide bonds. The average Bonchev–Trinajstić information content (AvgIpc) is 2.17. The van der Waals surface area contributed by atoms with Gasteiger partial charge in [0.15, 0.2) is 0 Å². The molecule has 3 N–H and O–H groups in total. The quantitative estimate of drug-likeness (QED) is 0.823. The summed E-state index contributed by atoms with van der Waals surface area (Å²) in [5.41, 5.74) is 5.21. The number of hydrogen-bond acceptors (Lipinski definition) is 3. The molecular weight excluding hydrogens is 248 g/mol. The van der Waals surface area contributed by atoms with E-state index in [4.69, 9.17) is 5.73 Å². The third kappa shape index (κ3) is 4.21. The Morgan fingerprint density at radius 2 is 1.94 bits per heavy atom. The first kappa shape index (κ1) is 15.9. The molecule has 1 saturated carbocycles. The van der Waals surface area contributed by atoms with Gasteiger partial charge in [0.05, 0.1) is 5.75 Å². The fourth-order valence-electron chi connectivity index (χ4n) is 2.83. The molecule has 0 saturated heterocycles. The van der Waals surface area contributed by atoms with Gasteiger partial charge >= 0.3 is 0 Å². The SMILES string of the molecule is CC1CCCCC1(CN)NS(=O)(=O)CC(C)(C)C. The molecule has 0 aliphatic heterocycles. The van der Waals surface area contributed by atoms with Crippen molar-refractivity contribution in [3.8, 4) is 0 Å². The Morgan fingerprint density at radius 1 is 1.33 bits per heavy atom. The van der Waals surface area contributed by atoms with Crippen LogP contribution < -0.4 is 10.5 Å². The van der Waals surface area contributed by atoms with Gasteiger partial charge in [-0.05, 0) is 24.2 Å². The Hall–Kier alpha value is -0.130. The molecule has 0 radical (unpaired) electrons. The molecule has 0 bridgehead atoms. The first-order chi connectivity index (χ1) is 8.10. The van der Waals surface area contributed by atoms with Crippen LogP contribution in [0.2, 0.25) is 0 Å². The molecule has 0 spiro atoms. The maximum absolute atomic E-state index is 12.3. The summed E-state index contributed by atoms with van der Waals surface area (Å²) in [7, 11) is -3.27. The van der Waals surface area contributed by atoms with Crippen molar-refractivity contribution in [2.75, 3.05) is 12.3 Å². The summed E-state index contributed by atoms with van der Waals surface area (Å²) < 4.78 is 27.4. The fourth-order valence-corrected chi connectivity index (χ4v) is 5.04. The van der Waals surface area contributed by atoms with Gasteiger partial charge in [0, 0.05) is 12.1 Å². The standard InChI is InChI=1S/C13H28N2O2S/c1-11-7-5-6-8-13(11,9-14)15-18(16,17)10-12(2,3)4/h11,15H,5-10,14H2,1-4H3. The smallest absolute Gasteiger partial charge is 0.212 e. The van der Waals surface area contributed by atoms with Gasteiger partial charge in [-0.1, -0.05) is 40.5 Å². The fraction of sp³-hybridized carbons (Fsp3) is 1.00. The molecule has 2 unspecified atom stereocenters. The molecule has 5 heteroatoms. The summed E-state index contributed by atoms with van der Waals surface area (Å²) >= 11 is 0. The minimum atomic E-state index is -3.27. The molecule has 0 aromatic carbocycles. The average molecular weight is 276 g/mol. The minimum Gasteiger partial charge on any atom is -0.329 e. The third-order valence-electron chi connectivity index (χ3n) is 3.80. The molecule has 1 aliphatic carbocycles. The lowest BCUT2D eigenvalue weighted by molar-refractivity contribution is 0.190. The summed E-state index contributed by atoms with van der Waals surface area (Å²) in [6.07, 6.45) is 4.13. The second-order valence-electron chi connectivity index (χ2n) is 6.93. The zero-order valence-electron chi connectivity index (χ0n) is 12.1. The minimum absolute atomic E-state index is 0.147. The van der Waals surface area contributed by atoms with Gasteiger partial charge in [-0.25, -0.2) is 13.1 Å². The number of sulfonamides is 1. The summed E-state index contributed by atoms with van der Waals surface area (Å²) in [5, 5.41) is 0. The van der Waals surface area contributed by atoms with E-state index in [1.165, 1.54) is 6.42 Å². The van der Waals surface area contributed by atoms with Gasteiger partial charge in [-0.2, -0.15) is 0 Å². The number of nitrogens with one attached hydrogen (secondary N) is 1. The van der Waals surface area contributed by atoms with Crippen LogP contribution in [0.15, 0.2) is 0 Å². The number of rotatable bonds is 4. The van der Waals surface area contributed by atoms with Gasteiger partial charge < -0.3 is 5.73 Å². The highest BCUT2D eigenvalue weighted by molar-refractivity contribution is 7.89. The lowest BCUT2D eigenvalue weighted by atomic mass is 9.74. The first-order valence-corrected chi connectivity index (χ1v) is 8.47. The third-order valence-corrected chi connectivity index (χ3v) is 5.76. The first-order valence-electron chi connectivity index (χ1n) is 6.82. The van der Waals surface area contributed by atoms with Gasteiger partial charge in [0.25, 0.3) is 0 Å². The molecule has 0 aromatic heterocycles. The molecule has 2 atom stereocenters. The van der Waals surface area contributed by atoms with Crippen molar-refractivity contribution < 1.29 is 8.42 Å². The predicted molar refractivity (Wildman–Crippen MR) is 75.8 cm³/mol. The van der Waals surface area contributed by atoms with Crippen LogP contribution in [0, 0.1) is 11.3 Å². The van der Waals surface area contributed by atoms with Gasteiger partial charge in [-0.15, -0.1) is 0 Å². The number of hydrogen-bond donors (Lipinski definition) is 2. The summed E-state index contributed by atoms with van der Waals surface area (Å²) in [6.45, 7) is 8.30. The molecule has 1 fully saturated rings. The van der Waals surface area contributed by atoms with E-state index in [2.05, 4.69) is 11.6 Å². The zero-order valence-corrected chi connectivity index (χ0v) is 12.9. The van der Waals surface area contributed by atoms with Crippen LogP contribution in [0.25, 0.3) is 0 Å². The van der Waals surface area contributed by atoms with E-state index in [0.717, 1.165) is 19.3 Å². The largest absolute Gasteiger partial charge is 0.329 e. The van der Waals surface area contributed by atoms with Crippen molar-refractivity contribution in [3.63, 3.8) is 0 Å². The lowest BCUT2D eigenvalue weighted by Gasteiger charge is -2.42. The van der Waals surface area contributed by atoms with Crippen molar-refractivity contribution in [1.82, 2.24) is 4.72 Å². The summed E-state index contributed by atoms with van der Waals surface area (Å²) in [6, 6.07) is 0. The van der Waals surface area contributed by atoms with E-state index in [1.54, 1.807) is 0 Å². The van der Waals surface area contributed by atoms with Crippen molar-refractivity contribution in [1.29, 1.82) is 0 Å². The second-order valence-corrected chi connectivity index (χ2v) is 8.65. The van der Waals surface area contributed by atoms with Crippen LogP contribution >= 0.6 is 0 Å². The van der Waals surface area contributed by atoms with E-state index >= 15 is 0 Å². The predicted octanol–water partition coefficient (Wildman–Crippen LogP) is 1.86. The summed E-state index contributed by atoms with van der Waals surface area (Å²) in [4.78, 5) is 0. The van der Waals surface area contributed by atoms with Crippen LogP contribution in [-0.4, -0.2) is 26.3 Å². The monoisotopic (exact) mass is 276 g/mol. The van der Waals surface area contributed by atoms with Gasteiger partial charge in [0.2, 0.25) is 10.0 Å². The molecule has 0 heterocycles. The normalized spacial score (nSPS) is 30.4. The molecule has 1 rings (SSSR count). The maximum atomic E-state index is 12.3. The van der Waals surface area contributed by atoms with E-state index in [-0.39, 0.29) is 11.2 Å². The lowest BCUT2D eigenvalue weighted by Crippen LogP contribution is -2.59. The topological polar surface area (TPSA) is 72.2 Å². The molecular formula is C13H28N2O2S. The Morgan fingerprint density at radius 3 is 2.39 bits per heavy atom. The van der Waals surface area contributed by atoms with Gasteiger partial charge in [-0.3, -0.25) is 0 Å². The Balaban J connectivity index is 2.85. The van der Waals surface area contributed by atoms with Crippen LogP contribution in [0.5, 0.6) is 0 Å². The second kappa shape index (κ2) is 5.47. The Kier molecular flexibility index (Phi) is 4.84. The van der Waals surface area contributed by atoms with Crippen molar-refractivity contribution in [3.05, 3.63) is 0 Å². The molecule has 4 nitrogen and oxygen atoms in total. The Labute approximate surface area is 112 Å². The molecule has 108 valence electrons. The van der Waals surface area contributed by atoms with E-state index in [1.807, 2.05) is 20.8 Å². The van der Waals surface area contributed by atoms with Crippen molar-refractivity contribution in [2.45, 2.75) is 58.9 Å². The van der Waals surface area contributed by atoms with E-state index in [0.29, 0.717) is 12.5 Å². The van der Waals surface area contributed by atoms with Crippen LogP contribution in [0.1, 0.15) is 53.4 Å². The molecule has 1 aliphatic rings. The maximum Gasteiger partial charge on any atom is 0.212 e. The van der Waals surface area contributed by atoms with E-state index in [9.17, 15) is 8.42 Å². The zero-order chi connectivity index (χ0) is 14.0. The highest BCUT2D eigenvalue weighted by Gasteiger charge is 2.40. The highest BCUT2D eigenvalue weighted by atomic mass is 32.2. The van der Waals surface area contributed by atoms with Crippen molar-refractivity contribution in [2.24, 2.45) is 17.1 Å². The van der Waals surface area contributed by atoms with Gasteiger partial charge in [0.1, 0.15) is 0 Å². The molecule has 0 aromatic rings. The molecule has 18 heavy (non-hydrogen) atoms. The summed E-state index contributed by atoms with van der Waals surface area (Å²) in [5.74, 6) is 0.458. The van der Waals surface area contributed by atoms with Crippen LogP contribution in [-0.2, 0) is 10.0 Å². The van der Waals surface area contributed by atoms with Crippen molar-refractivity contribution >= 4 is 10.0 Å². The van der Waals surface area contributed by atoms with E-state index < -0.39 is 15.6 Å².